The molecule has 2 amide bonds. The number of amides is 2. The molecule has 0 radical (unpaired) electrons. The van der Waals surface area contributed by atoms with Crippen molar-refractivity contribution in [3.63, 3.8) is 0 Å². The first-order chi connectivity index (χ1) is 9.69. The van der Waals surface area contributed by atoms with Crippen LogP contribution in [0.1, 0.15) is 60.3 Å². The van der Waals surface area contributed by atoms with E-state index in [9.17, 15) is 9.59 Å². The van der Waals surface area contributed by atoms with Crippen LogP contribution in [-0.2, 0) is 9.59 Å². The smallest absolute Gasteiger partial charge is 0.239 e. The molecule has 1 atom stereocenters. The fourth-order valence-electron chi connectivity index (χ4n) is 2.27. The number of nitrogens with zero attached hydrogens (tertiary/aromatic N) is 1. The quantitative estimate of drug-likeness (QED) is 0.683. The third-order valence-corrected chi connectivity index (χ3v) is 3.06. The van der Waals surface area contributed by atoms with E-state index in [1.165, 1.54) is 0 Å². The van der Waals surface area contributed by atoms with Crippen molar-refractivity contribution < 1.29 is 9.59 Å². The van der Waals surface area contributed by atoms with E-state index >= 15 is 0 Å². The largest absolute Gasteiger partial charge is 0.355 e. The minimum absolute atomic E-state index is 0.0275. The van der Waals surface area contributed by atoms with E-state index in [0.29, 0.717) is 19.5 Å². The van der Waals surface area contributed by atoms with Crippen LogP contribution in [0.4, 0.5) is 0 Å². The van der Waals surface area contributed by atoms with Crippen LogP contribution in [0.5, 0.6) is 0 Å². The molecule has 5 heteroatoms. The van der Waals surface area contributed by atoms with E-state index in [0.717, 1.165) is 19.3 Å². The number of carbonyl (C=O) groups excluding carboxylic acids is 2. The lowest BCUT2D eigenvalue weighted by Crippen LogP contribution is -2.43. The molecule has 0 saturated carbocycles. The van der Waals surface area contributed by atoms with Gasteiger partial charge in [0, 0.05) is 25.6 Å². The van der Waals surface area contributed by atoms with Crippen molar-refractivity contribution in [2.45, 2.75) is 66.3 Å². The van der Waals surface area contributed by atoms with E-state index in [-0.39, 0.29) is 29.8 Å². The average molecular weight is 299 g/mol. The summed E-state index contributed by atoms with van der Waals surface area (Å²) in [5.74, 6) is -0.122. The molecule has 0 aliphatic heterocycles. The molecule has 0 rings (SSSR count). The van der Waals surface area contributed by atoms with Gasteiger partial charge in [0.2, 0.25) is 11.8 Å². The van der Waals surface area contributed by atoms with Gasteiger partial charge >= 0.3 is 0 Å². The minimum atomic E-state index is -0.157. The van der Waals surface area contributed by atoms with Crippen LogP contribution in [0.2, 0.25) is 0 Å². The maximum Gasteiger partial charge on any atom is 0.239 e. The van der Waals surface area contributed by atoms with Gasteiger partial charge in [-0.15, -0.1) is 0 Å². The van der Waals surface area contributed by atoms with E-state index in [1.54, 1.807) is 4.90 Å². The van der Waals surface area contributed by atoms with E-state index in [4.69, 9.17) is 5.73 Å². The highest BCUT2D eigenvalue weighted by molar-refractivity contribution is 5.85. The lowest BCUT2D eigenvalue weighted by Gasteiger charge is -2.26. The number of rotatable bonds is 9. The molecule has 0 saturated heterocycles. The van der Waals surface area contributed by atoms with E-state index in [1.807, 2.05) is 13.8 Å². The van der Waals surface area contributed by atoms with Gasteiger partial charge in [-0.3, -0.25) is 9.59 Å². The second-order valence-electron chi connectivity index (χ2n) is 6.89. The summed E-state index contributed by atoms with van der Waals surface area (Å²) < 4.78 is 0. The van der Waals surface area contributed by atoms with Crippen LogP contribution in [0.25, 0.3) is 0 Å². The highest BCUT2D eigenvalue weighted by Crippen LogP contribution is 2.21. The fraction of sp³-hybridized carbons (Fsp3) is 0.875. The van der Waals surface area contributed by atoms with Crippen LogP contribution < -0.4 is 11.1 Å². The van der Waals surface area contributed by atoms with E-state index < -0.39 is 0 Å². The zero-order valence-corrected chi connectivity index (χ0v) is 14.4. The Bertz CT molecular complexity index is 324. The second-order valence-corrected chi connectivity index (χ2v) is 6.89. The lowest BCUT2D eigenvalue weighted by atomic mass is 9.87. The molecule has 0 aromatic rings. The van der Waals surface area contributed by atoms with Crippen LogP contribution >= 0.6 is 0 Å². The molecule has 5 nitrogen and oxygen atoms in total. The van der Waals surface area contributed by atoms with Gasteiger partial charge in [-0.2, -0.15) is 0 Å². The van der Waals surface area contributed by atoms with Crippen LogP contribution in [-0.4, -0.2) is 42.4 Å². The summed E-state index contributed by atoms with van der Waals surface area (Å²) in [5, 5.41) is 2.80. The summed E-state index contributed by atoms with van der Waals surface area (Å²) in [6.45, 7) is 11.7. The van der Waals surface area contributed by atoms with Crippen molar-refractivity contribution in [1.82, 2.24) is 10.2 Å². The fourth-order valence-corrected chi connectivity index (χ4v) is 2.27. The van der Waals surface area contributed by atoms with Crippen LogP contribution in [0.3, 0.4) is 0 Å². The number of hydrogen-bond donors (Lipinski definition) is 2. The average Bonchev–Trinajstić information content (AvgIpc) is 2.33. The van der Waals surface area contributed by atoms with Crippen LogP contribution in [0, 0.1) is 5.41 Å². The predicted molar refractivity (Wildman–Crippen MR) is 86.8 cm³/mol. The highest BCUT2D eigenvalue weighted by Gasteiger charge is 2.22. The zero-order valence-electron chi connectivity index (χ0n) is 14.4. The summed E-state index contributed by atoms with van der Waals surface area (Å²) in [5.41, 5.74) is 6.16. The third kappa shape index (κ3) is 10.3. The molecule has 0 fully saturated rings. The van der Waals surface area contributed by atoms with Crippen molar-refractivity contribution in [3.8, 4) is 0 Å². The summed E-state index contributed by atoms with van der Waals surface area (Å²) in [6, 6.07) is -0.157. The zero-order chi connectivity index (χ0) is 16.5. The SMILES string of the molecule is CCCNC(=O)CN(CCC)C(=O)CC(N)CC(C)(C)C. The van der Waals surface area contributed by atoms with Gasteiger partial charge in [0.25, 0.3) is 0 Å². The topological polar surface area (TPSA) is 75.4 Å². The third-order valence-electron chi connectivity index (χ3n) is 3.06. The van der Waals surface area contributed by atoms with E-state index in [2.05, 4.69) is 26.1 Å². The van der Waals surface area contributed by atoms with Crippen molar-refractivity contribution in [2.24, 2.45) is 11.1 Å². The van der Waals surface area contributed by atoms with Gasteiger partial charge in [-0.05, 0) is 24.7 Å². The van der Waals surface area contributed by atoms with Gasteiger partial charge < -0.3 is 16.0 Å². The maximum absolute atomic E-state index is 12.3. The Hall–Kier alpha value is -1.10. The van der Waals surface area contributed by atoms with Crippen molar-refractivity contribution in [1.29, 1.82) is 0 Å². The first-order valence-corrected chi connectivity index (χ1v) is 7.99. The summed E-state index contributed by atoms with van der Waals surface area (Å²) in [4.78, 5) is 25.7. The number of nitrogens with one attached hydrogen (secondary N) is 1. The molecule has 124 valence electrons. The Kier molecular flexibility index (Phi) is 9.26. The molecule has 3 N–H and O–H groups in total. The van der Waals surface area contributed by atoms with Gasteiger partial charge in [0.1, 0.15) is 0 Å². The molecule has 21 heavy (non-hydrogen) atoms. The number of carbonyl (C=O) groups is 2. The van der Waals surface area contributed by atoms with Gasteiger partial charge in [0.05, 0.1) is 6.54 Å². The number of hydrogen-bond acceptors (Lipinski definition) is 3. The molecule has 0 bridgehead atoms. The lowest BCUT2D eigenvalue weighted by molar-refractivity contribution is -0.136. The number of nitrogens with two attached hydrogens (primary N) is 1. The normalized spacial score (nSPS) is 12.9. The Morgan fingerprint density at radius 2 is 1.81 bits per heavy atom. The van der Waals surface area contributed by atoms with Crippen LogP contribution in [0.15, 0.2) is 0 Å². The Morgan fingerprint density at radius 3 is 2.29 bits per heavy atom. The first kappa shape index (κ1) is 19.9. The van der Waals surface area contributed by atoms with Crippen molar-refractivity contribution >= 4 is 11.8 Å². The highest BCUT2D eigenvalue weighted by atomic mass is 16.2. The van der Waals surface area contributed by atoms with Gasteiger partial charge in [0.15, 0.2) is 0 Å². The maximum atomic E-state index is 12.3. The molecule has 1 unspecified atom stereocenters. The Balaban J connectivity index is 4.44. The monoisotopic (exact) mass is 299 g/mol. The molecule has 0 aliphatic rings. The van der Waals surface area contributed by atoms with Crippen molar-refractivity contribution in [3.05, 3.63) is 0 Å². The molecule has 0 heterocycles. The molecular weight excluding hydrogens is 266 g/mol. The van der Waals surface area contributed by atoms with Crippen molar-refractivity contribution in [2.75, 3.05) is 19.6 Å². The summed E-state index contributed by atoms with van der Waals surface area (Å²) in [6.07, 6.45) is 2.82. The molecule has 0 spiro atoms. The first-order valence-electron chi connectivity index (χ1n) is 7.99. The molecule has 0 aromatic heterocycles. The van der Waals surface area contributed by atoms with Gasteiger partial charge in [-0.1, -0.05) is 34.6 Å². The molecule has 0 aromatic carbocycles. The molecule has 0 aliphatic carbocycles. The van der Waals surface area contributed by atoms with Gasteiger partial charge in [-0.25, -0.2) is 0 Å². The summed E-state index contributed by atoms with van der Waals surface area (Å²) in [7, 11) is 0. The summed E-state index contributed by atoms with van der Waals surface area (Å²) >= 11 is 0. The second kappa shape index (κ2) is 9.77. The Morgan fingerprint density at radius 1 is 1.19 bits per heavy atom. The standard InChI is InChI=1S/C16H33N3O2/c1-6-8-18-14(20)12-19(9-7-2)15(21)10-13(17)11-16(3,4)5/h13H,6-12,17H2,1-5H3,(H,18,20). The predicted octanol–water partition coefficient (Wildman–Crippen LogP) is 1.90. The molecular formula is C16H33N3O2. The minimum Gasteiger partial charge on any atom is -0.355 e. The Labute approximate surface area is 129 Å².